The minimum absolute atomic E-state index is 0.167. The van der Waals surface area contributed by atoms with Gasteiger partial charge in [-0.1, -0.05) is 0 Å². The summed E-state index contributed by atoms with van der Waals surface area (Å²) < 4.78 is 1.81. The molecule has 0 radical (unpaired) electrons. The van der Waals surface area contributed by atoms with Gasteiger partial charge in [-0.05, 0) is 6.92 Å². The highest BCUT2D eigenvalue weighted by Gasteiger charge is 2.15. The maximum Gasteiger partial charge on any atom is 0.346 e. The molecule has 8 nitrogen and oxygen atoms in total. The van der Waals surface area contributed by atoms with Crippen LogP contribution in [0.3, 0.4) is 0 Å². The number of carbonyl (C=O) groups is 1. The van der Waals surface area contributed by atoms with Crippen molar-refractivity contribution in [1.82, 2.24) is 14.3 Å². The van der Waals surface area contributed by atoms with Gasteiger partial charge in [-0.2, -0.15) is 0 Å². The van der Waals surface area contributed by atoms with E-state index in [0.717, 1.165) is 9.25 Å². The molecule has 0 fully saturated rings. The average molecular weight is 228 g/mol. The molecule has 0 saturated carbocycles. The molecule has 0 aliphatic carbocycles. The van der Waals surface area contributed by atoms with Gasteiger partial charge >= 0.3 is 11.7 Å². The molecule has 0 aliphatic heterocycles. The van der Waals surface area contributed by atoms with E-state index in [1.807, 2.05) is 0 Å². The maximum atomic E-state index is 11.5. The smallest absolute Gasteiger partial charge is 0.346 e. The number of anilines is 1. The van der Waals surface area contributed by atoms with Gasteiger partial charge in [0.2, 0.25) is 5.82 Å². The number of nitrogens with one attached hydrogen (secondary N) is 1. The quantitative estimate of drug-likeness (QED) is 0.643. The summed E-state index contributed by atoms with van der Waals surface area (Å²) in [6.07, 6.45) is 0. The SMILES string of the molecule is CC(Nc1nn(C)c(=O)n(C)c1=O)C(=O)O. The molecular formula is C8H12N4O4. The Bertz CT molecular complexity index is 530. The third-order valence-corrected chi connectivity index (χ3v) is 2.04. The minimum atomic E-state index is -1.11. The summed E-state index contributed by atoms with van der Waals surface area (Å²) in [4.78, 5) is 33.4. The lowest BCUT2D eigenvalue weighted by atomic mass is 10.3. The number of aliphatic carboxylic acids is 1. The van der Waals surface area contributed by atoms with Crippen molar-refractivity contribution in [2.75, 3.05) is 5.32 Å². The summed E-state index contributed by atoms with van der Waals surface area (Å²) in [5.74, 6) is -1.28. The number of rotatable bonds is 3. The Labute approximate surface area is 90.1 Å². The zero-order valence-corrected chi connectivity index (χ0v) is 9.09. The van der Waals surface area contributed by atoms with E-state index in [-0.39, 0.29) is 5.82 Å². The van der Waals surface area contributed by atoms with Gasteiger partial charge in [0.15, 0.2) is 0 Å². The summed E-state index contributed by atoms with van der Waals surface area (Å²) in [5, 5.41) is 14.7. The van der Waals surface area contributed by atoms with Gasteiger partial charge in [-0.3, -0.25) is 14.2 Å². The predicted molar refractivity (Wildman–Crippen MR) is 55.4 cm³/mol. The molecule has 0 aromatic carbocycles. The second-order valence-corrected chi connectivity index (χ2v) is 3.32. The number of nitrogens with zero attached hydrogens (tertiary/aromatic N) is 3. The summed E-state index contributed by atoms with van der Waals surface area (Å²) >= 11 is 0. The van der Waals surface area contributed by atoms with E-state index in [1.165, 1.54) is 21.0 Å². The number of hydrogen-bond acceptors (Lipinski definition) is 5. The van der Waals surface area contributed by atoms with Crippen molar-refractivity contribution in [3.8, 4) is 0 Å². The molecule has 0 saturated heterocycles. The number of aromatic nitrogens is 3. The minimum Gasteiger partial charge on any atom is -0.480 e. The molecule has 8 heteroatoms. The first kappa shape index (κ1) is 12.0. The van der Waals surface area contributed by atoms with Gasteiger partial charge in [-0.25, -0.2) is 9.48 Å². The zero-order chi connectivity index (χ0) is 12.5. The van der Waals surface area contributed by atoms with Crippen LogP contribution in [-0.2, 0) is 18.9 Å². The molecule has 1 unspecified atom stereocenters. The highest BCUT2D eigenvalue weighted by Crippen LogP contribution is 1.94. The van der Waals surface area contributed by atoms with Crippen LogP contribution in [0, 0.1) is 0 Å². The van der Waals surface area contributed by atoms with E-state index < -0.39 is 23.3 Å². The first-order valence-corrected chi connectivity index (χ1v) is 4.48. The van der Waals surface area contributed by atoms with Crippen LogP contribution in [0.25, 0.3) is 0 Å². The Morgan fingerprint density at radius 3 is 2.50 bits per heavy atom. The monoisotopic (exact) mass is 228 g/mol. The summed E-state index contributed by atoms with van der Waals surface area (Å²) in [7, 11) is 2.67. The maximum absolute atomic E-state index is 11.5. The largest absolute Gasteiger partial charge is 0.480 e. The standard InChI is InChI=1S/C8H12N4O4/c1-4(7(14)15)9-5-6(13)11(2)8(16)12(3)10-5/h4H,1-3H3,(H,9,10)(H,14,15). The molecule has 0 bridgehead atoms. The fourth-order valence-electron chi connectivity index (χ4n) is 1.06. The molecule has 16 heavy (non-hydrogen) atoms. The van der Waals surface area contributed by atoms with E-state index in [0.29, 0.717) is 0 Å². The van der Waals surface area contributed by atoms with E-state index in [1.54, 1.807) is 0 Å². The molecule has 0 amide bonds. The molecule has 1 rings (SSSR count). The predicted octanol–water partition coefficient (Wildman–Crippen LogP) is -1.64. The van der Waals surface area contributed by atoms with Crippen LogP contribution in [-0.4, -0.2) is 31.5 Å². The highest BCUT2D eigenvalue weighted by molar-refractivity contribution is 5.76. The van der Waals surface area contributed by atoms with Crippen molar-refractivity contribution in [2.45, 2.75) is 13.0 Å². The molecule has 0 spiro atoms. The van der Waals surface area contributed by atoms with Gasteiger partial charge in [0.25, 0.3) is 5.56 Å². The van der Waals surface area contributed by atoms with Crippen molar-refractivity contribution in [3.05, 3.63) is 20.8 Å². The van der Waals surface area contributed by atoms with Gasteiger partial charge in [0.1, 0.15) is 6.04 Å². The normalized spacial score (nSPS) is 12.2. The number of hydrogen-bond donors (Lipinski definition) is 2. The van der Waals surface area contributed by atoms with Crippen LogP contribution in [0.4, 0.5) is 5.82 Å². The summed E-state index contributed by atoms with van der Waals surface area (Å²) in [6, 6.07) is -0.960. The zero-order valence-electron chi connectivity index (χ0n) is 9.09. The van der Waals surface area contributed by atoms with E-state index in [9.17, 15) is 14.4 Å². The Hall–Kier alpha value is -2.12. The van der Waals surface area contributed by atoms with Crippen LogP contribution >= 0.6 is 0 Å². The molecule has 88 valence electrons. The van der Waals surface area contributed by atoms with Gasteiger partial charge in [0, 0.05) is 14.1 Å². The molecule has 1 aromatic rings. The molecule has 1 heterocycles. The van der Waals surface area contributed by atoms with Crippen molar-refractivity contribution in [1.29, 1.82) is 0 Å². The Kier molecular flexibility index (Phi) is 3.11. The van der Waals surface area contributed by atoms with Gasteiger partial charge < -0.3 is 10.4 Å². The molecule has 1 atom stereocenters. The second-order valence-electron chi connectivity index (χ2n) is 3.32. The number of carboxylic acids is 1. The van der Waals surface area contributed by atoms with Crippen molar-refractivity contribution in [3.63, 3.8) is 0 Å². The van der Waals surface area contributed by atoms with Crippen LogP contribution < -0.4 is 16.6 Å². The molecule has 2 N–H and O–H groups in total. The summed E-state index contributed by atoms with van der Waals surface area (Å²) in [5.41, 5.74) is -1.23. The molecular weight excluding hydrogens is 216 g/mol. The van der Waals surface area contributed by atoms with Gasteiger partial charge in [0.05, 0.1) is 0 Å². The number of aryl methyl sites for hydroxylation is 1. The second kappa shape index (κ2) is 4.17. The fraction of sp³-hybridized carbons (Fsp3) is 0.500. The molecule has 1 aromatic heterocycles. The first-order valence-electron chi connectivity index (χ1n) is 4.48. The van der Waals surface area contributed by atoms with Crippen LogP contribution in [0.1, 0.15) is 6.92 Å². The number of carboxylic acid groups (broad SMARTS) is 1. The fourth-order valence-corrected chi connectivity index (χ4v) is 1.06. The van der Waals surface area contributed by atoms with E-state index in [2.05, 4.69) is 10.4 Å². The third kappa shape index (κ3) is 2.10. The Balaban J connectivity index is 3.22. The van der Waals surface area contributed by atoms with Crippen LogP contribution in [0.2, 0.25) is 0 Å². The first-order chi connectivity index (χ1) is 7.34. The lowest BCUT2D eigenvalue weighted by Crippen LogP contribution is -2.41. The van der Waals surface area contributed by atoms with E-state index >= 15 is 0 Å². The average Bonchev–Trinajstić information content (AvgIpc) is 2.22. The van der Waals surface area contributed by atoms with Gasteiger partial charge in [-0.15, -0.1) is 5.10 Å². The third-order valence-electron chi connectivity index (χ3n) is 2.04. The van der Waals surface area contributed by atoms with Crippen molar-refractivity contribution < 1.29 is 9.90 Å². The molecule has 0 aliphatic rings. The Morgan fingerprint density at radius 2 is 2.00 bits per heavy atom. The van der Waals surface area contributed by atoms with Crippen molar-refractivity contribution >= 4 is 11.8 Å². The summed E-state index contributed by atoms with van der Waals surface area (Å²) in [6.45, 7) is 1.37. The van der Waals surface area contributed by atoms with Crippen molar-refractivity contribution in [2.24, 2.45) is 14.1 Å². The highest BCUT2D eigenvalue weighted by atomic mass is 16.4. The van der Waals surface area contributed by atoms with Crippen LogP contribution in [0.15, 0.2) is 9.59 Å². The van der Waals surface area contributed by atoms with E-state index in [4.69, 9.17) is 5.11 Å². The van der Waals surface area contributed by atoms with Crippen LogP contribution in [0.5, 0.6) is 0 Å². The topological polar surface area (TPSA) is 106 Å². The Morgan fingerprint density at radius 1 is 1.44 bits per heavy atom. The lowest BCUT2D eigenvalue weighted by molar-refractivity contribution is -0.137. The lowest BCUT2D eigenvalue weighted by Gasteiger charge is -2.10.